The maximum absolute atomic E-state index is 11.7. The Balaban J connectivity index is 2.50. The lowest BCUT2D eigenvalue weighted by Gasteiger charge is -2.17. The zero-order valence-corrected chi connectivity index (χ0v) is 11.6. The number of aliphatic hydroxyl groups excluding tert-OH is 1. The van der Waals surface area contributed by atoms with Gasteiger partial charge in [0.15, 0.2) is 0 Å². The van der Waals surface area contributed by atoms with Gasteiger partial charge in [0.05, 0.1) is 6.10 Å². The second-order valence-corrected chi connectivity index (χ2v) is 4.84. The number of pyridine rings is 1. The first-order valence-electron chi connectivity index (χ1n) is 5.62. The van der Waals surface area contributed by atoms with Crippen molar-refractivity contribution in [1.29, 1.82) is 0 Å². The molecule has 2 unspecified atom stereocenters. The van der Waals surface area contributed by atoms with Crippen molar-refractivity contribution in [2.75, 3.05) is 6.54 Å². The van der Waals surface area contributed by atoms with Crippen molar-refractivity contribution < 1.29 is 9.90 Å². The molecule has 1 rings (SSSR count). The van der Waals surface area contributed by atoms with Crippen LogP contribution in [-0.4, -0.2) is 28.6 Å². The van der Waals surface area contributed by atoms with Gasteiger partial charge in [-0.1, -0.05) is 20.3 Å². The number of carbonyl (C=O) groups is 1. The molecular weight excluding hydrogens is 284 g/mol. The van der Waals surface area contributed by atoms with Crippen LogP contribution in [0.5, 0.6) is 0 Å². The van der Waals surface area contributed by atoms with E-state index in [1.807, 2.05) is 13.8 Å². The number of rotatable bonds is 5. The van der Waals surface area contributed by atoms with Crippen molar-refractivity contribution >= 4 is 21.8 Å². The fraction of sp³-hybridized carbons (Fsp3) is 0.500. The van der Waals surface area contributed by atoms with Crippen LogP contribution in [0.3, 0.4) is 0 Å². The van der Waals surface area contributed by atoms with Crippen molar-refractivity contribution in [3.63, 3.8) is 0 Å². The average molecular weight is 301 g/mol. The van der Waals surface area contributed by atoms with Crippen molar-refractivity contribution in [2.24, 2.45) is 5.92 Å². The first-order valence-corrected chi connectivity index (χ1v) is 6.41. The molecule has 1 aromatic heterocycles. The van der Waals surface area contributed by atoms with Gasteiger partial charge in [-0.05, 0) is 34.0 Å². The fourth-order valence-corrected chi connectivity index (χ4v) is 1.68. The van der Waals surface area contributed by atoms with Crippen LogP contribution < -0.4 is 5.32 Å². The molecule has 2 atom stereocenters. The average Bonchev–Trinajstić information content (AvgIpc) is 2.34. The Morgan fingerprint density at radius 3 is 2.94 bits per heavy atom. The third-order valence-corrected chi connectivity index (χ3v) is 3.19. The number of aromatic nitrogens is 1. The predicted molar refractivity (Wildman–Crippen MR) is 69.7 cm³/mol. The van der Waals surface area contributed by atoms with Crippen LogP contribution in [0.1, 0.15) is 30.6 Å². The molecule has 0 saturated heterocycles. The zero-order chi connectivity index (χ0) is 12.8. The normalized spacial score (nSPS) is 14.1. The molecule has 17 heavy (non-hydrogen) atoms. The Morgan fingerprint density at radius 2 is 2.35 bits per heavy atom. The minimum absolute atomic E-state index is 0.180. The first kappa shape index (κ1) is 14.1. The third kappa shape index (κ3) is 4.44. The number of hydrogen-bond acceptors (Lipinski definition) is 3. The topological polar surface area (TPSA) is 62.2 Å². The highest BCUT2D eigenvalue weighted by Gasteiger charge is 2.14. The number of hydrogen-bond donors (Lipinski definition) is 2. The summed E-state index contributed by atoms with van der Waals surface area (Å²) < 4.78 is 0.618. The Bertz CT molecular complexity index is 385. The third-order valence-electron chi connectivity index (χ3n) is 2.76. The molecule has 0 fully saturated rings. The van der Waals surface area contributed by atoms with E-state index in [1.54, 1.807) is 18.3 Å². The van der Waals surface area contributed by atoms with Crippen LogP contribution in [0, 0.1) is 5.92 Å². The summed E-state index contributed by atoms with van der Waals surface area (Å²) in [5.41, 5.74) is 0.531. The summed E-state index contributed by atoms with van der Waals surface area (Å²) in [7, 11) is 0. The second-order valence-electron chi connectivity index (χ2n) is 4.03. The van der Waals surface area contributed by atoms with E-state index in [0.717, 1.165) is 6.42 Å². The van der Waals surface area contributed by atoms with E-state index in [9.17, 15) is 9.90 Å². The summed E-state index contributed by atoms with van der Waals surface area (Å²) in [6.45, 7) is 4.24. The summed E-state index contributed by atoms with van der Waals surface area (Å²) in [5, 5.41) is 12.4. The van der Waals surface area contributed by atoms with Crippen LogP contribution in [0.2, 0.25) is 0 Å². The zero-order valence-electron chi connectivity index (χ0n) is 9.98. The molecule has 0 spiro atoms. The van der Waals surface area contributed by atoms with E-state index in [2.05, 4.69) is 26.2 Å². The molecule has 0 radical (unpaired) electrons. The van der Waals surface area contributed by atoms with Crippen molar-refractivity contribution in [1.82, 2.24) is 10.3 Å². The smallest absolute Gasteiger partial charge is 0.251 e. The number of nitrogens with one attached hydrogen (secondary N) is 1. The molecule has 0 aliphatic heterocycles. The Kier molecular flexibility index (Phi) is 5.58. The first-order chi connectivity index (χ1) is 8.04. The van der Waals surface area contributed by atoms with Gasteiger partial charge in [0, 0.05) is 18.3 Å². The Morgan fingerprint density at radius 1 is 1.65 bits per heavy atom. The van der Waals surface area contributed by atoms with Gasteiger partial charge in [-0.3, -0.25) is 4.79 Å². The molecule has 94 valence electrons. The predicted octanol–water partition coefficient (Wildman–Crippen LogP) is 1.98. The SMILES string of the molecule is CCC(C)C(O)CNC(=O)c1ccnc(Br)c1. The monoisotopic (exact) mass is 300 g/mol. The molecule has 0 saturated carbocycles. The van der Waals surface area contributed by atoms with E-state index >= 15 is 0 Å². The van der Waals surface area contributed by atoms with E-state index < -0.39 is 6.10 Å². The molecule has 4 nitrogen and oxygen atoms in total. The minimum atomic E-state index is -0.505. The second kappa shape index (κ2) is 6.71. The van der Waals surface area contributed by atoms with Crippen LogP contribution in [0.25, 0.3) is 0 Å². The lowest BCUT2D eigenvalue weighted by Crippen LogP contribution is -2.35. The molecule has 0 aromatic carbocycles. The van der Waals surface area contributed by atoms with Crippen molar-refractivity contribution in [3.8, 4) is 0 Å². The lowest BCUT2D eigenvalue weighted by molar-refractivity contribution is 0.0850. The van der Waals surface area contributed by atoms with Crippen LogP contribution >= 0.6 is 15.9 Å². The van der Waals surface area contributed by atoms with Gasteiger partial charge >= 0.3 is 0 Å². The molecule has 0 aliphatic rings. The van der Waals surface area contributed by atoms with Gasteiger partial charge < -0.3 is 10.4 Å². The number of nitrogens with zero attached hydrogens (tertiary/aromatic N) is 1. The van der Waals surface area contributed by atoms with Crippen LogP contribution in [0.4, 0.5) is 0 Å². The Labute approximate surface area is 110 Å². The Hall–Kier alpha value is -0.940. The molecule has 2 N–H and O–H groups in total. The summed E-state index contributed by atoms with van der Waals surface area (Å²) in [5.74, 6) is -0.0186. The minimum Gasteiger partial charge on any atom is -0.391 e. The summed E-state index contributed by atoms with van der Waals surface area (Å²) >= 11 is 3.20. The number of halogens is 1. The standard InChI is InChI=1S/C12H17BrN2O2/c1-3-8(2)10(16)7-15-12(17)9-4-5-14-11(13)6-9/h4-6,8,10,16H,3,7H2,1-2H3,(H,15,17). The van der Waals surface area contributed by atoms with Crippen LogP contribution in [0.15, 0.2) is 22.9 Å². The highest BCUT2D eigenvalue weighted by molar-refractivity contribution is 9.10. The maximum Gasteiger partial charge on any atom is 0.251 e. The number of aliphatic hydroxyl groups is 1. The van der Waals surface area contributed by atoms with Gasteiger partial charge in [0.2, 0.25) is 0 Å². The molecule has 0 bridgehead atoms. The van der Waals surface area contributed by atoms with Crippen molar-refractivity contribution in [2.45, 2.75) is 26.4 Å². The van der Waals surface area contributed by atoms with Gasteiger partial charge in [-0.15, -0.1) is 0 Å². The number of amides is 1. The highest BCUT2D eigenvalue weighted by Crippen LogP contribution is 2.09. The molecule has 0 aliphatic carbocycles. The largest absolute Gasteiger partial charge is 0.391 e. The summed E-state index contributed by atoms with van der Waals surface area (Å²) in [4.78, 5) is 15.7. The lowest BCUT2D eigenvalue weighted by atomic mass is 10.0. The molecular formula is C12H17BrN2O2. The van der Waals surface area contributed by atoms with Gasteiger partial charge in [-0.2, -0.15) is 0 Å². The van der Waals surface area contributed by atoms with Crippen LogP contribution in [-0.2, 0) is 0 Å². The quantitative estimate of drug-likeness (QED) is 0.818. The number of carbonyl (C=O) groups excluding carboxylic acids is 1. The fourth-order valence-electron chi connectivity index (χ4n) is 1.32. The molecule has 1 heterocycles. The molecule has 1 amide bonds. The van der Waals surface area contributed by atoms with Gasteiger partial charge in [-0.25, -0.2) is 4.98 Å². The highest BCUT2D eigenvalue weighted by atomic mass is 79.9. The van der Waals surface area contributed by atoms with E-state index in [4.69, 9.17) is 0 Å². The van der Waals surface area contributed by atoms with Crippen molar-refractivity contribution in [3.05, 3.63) is 28.5 Å². The van der Waals surface area contributed by atoms with E-state index in [-0.39, 0.29) is 18.4 Å². The van der Waals surface area contributed by atoms with Gasteiger partial charge in [0.1, 0.15) is 4.60 Å². The van der Waals surface area contributed by atoms with Gasteiger partial charge in [0.25, 0.3) is 5.91 Å². The maximum atomic E-state index is 11.7. The molecule has 1 aromatic rings. The van der Waals surface area contributed by atoms with E-state index in [0.29, 0.717) is 10.2 Å². The van der Waals surface area contributed by atoms with E-state index in [1.165, 1.54) is 0 Å². The summed E-state index contributed by atoms with van der Waals surface area (Å²) in [6, 6.07) is 3.28. The molecule has 5 heteroatoms. The summed E-state index contributed by atoms with van der Waals surface area (Å²) in [6.07, 6.45) is 1.94.